The van der Waals surface area contributed by atoms with E-state index in [1.807, 2.05) is 24.3 Å². The Morgan fingerprint density at radius 3 is 2.75 bits per heavy atom. The van der Waals surface area contributed by atoms with Gasteiger partial charge in [-0.2, -0.15) is 5.10 Å². The summed E-state index contributed by atoms with van der Waals surface area (Å²) >= 11 is 6.18. The lowest BCUT2D eigenvalue weighted by Gasteiger charge is -2.11. The molecule has 0 bridgehead atoms. The van der Waals surface area contributed by atoms with E-state index in [2.05, 4.69) is 21.4 Å². The Balaban J connectivity index is 1.57. The van der Waals surface area contributed by atoms with Crippen LogP contribution >= 0.6 is 11.6 Å². The number of hydrazine groups is 1. The maximum absolute atomic E-state index is 12.2. The molecule has 0 aliphatic carbocycles. The van der Waals surface area contributed by atoms with Crippen molar-refractivity contribution in [2.75, 3.05) is 0 Å². The minimum absolute atomic E-state index is 0.0448. The molecule has 0 aromatic heterocycles. The Morgan fingerprint density at radius 2 is 1.96 bits per heavy atom. The van der Waals surface area contributed by atoms with Gasteiger partial charge in [-0.1, -0.05) is 41.9 Å². The van der Waals surface area contributed by atoms with Gasteiger partial charge in [-0.15, -0.1) is 0 Å². The van der Waals surface area contributed by atoms with Crippen molar-refractivity contribution in [3.63, 3.8) is 0 Å². The number of carbonyl (C=O) groups excluding carboxylic acids is 1. The Kier molecular flexibility index (Phi) is 5.10. The number of benzene rings is 2. The molecule has 6 nitrogen and oxygen atoms in total. The first-order valence-electron chi connectivity index (χ1n) is 7.51. The van der Waals surface area contributed by atoms with Crippen LogP contribution in [0.25, 0.3) is 0 Å². The van der Waals surface area contributed by atoms with E-state index in [0.29, 0.717) is 17.0 Å². The summed E-state index contributed by atoms with van der Waals surface area (Å²) in [6.45, 7) is 0. The third-order valence-electron chi connectivity index (χ3n) is 3.82. The second-order valence-corrected chi connectivity index (χ2v) is 5.85. The number of amides is 1. The van der Waals surface area contributed by atoms with Gasteiger partial charge >= 0.3 is 0 Å². The van der Waals surface area contributed by atoms with Gasteiger partial charge < -0.3 is 5.11 Å². The van der Waals surface area contributed by atoms with E-state index in [4.69, 9.17) is 11.6 Å². The first-order valence-corrected chi connectivity index (χ1v) is 7.89. The molecule has 3 rings (SSSR count). The number of phenolic OH excluding ortho intramolecular Hbond substituents is 1. The van der Waals surface area contributed by atoms with E-state index >= 15 is 0 Å². The van der Waals surface area contributed by atoms with Crippen LogP contribution in [0.3, 0.4) is 0 Å². The van der Waals surface area contributed by atoms with Crippen LogP contribution in [0.4, 0.5) is 0 Å². The highest BCUT2D eigenvalue weighted by molar-refractivity contribution is 6.31. The van der Waals surface area contributed by atoms with Gasteiger partial charge in [-0.05, 0) is 30.2 Å². The van der Waals surface area contributed by atoms with Crippen molar-refractivity contribution in [3.05, 3.63) is 64.7 Å². The maximum Gasteiger partial charge on any atom is 0.258 e. The fourth-order valence-corrected chi connectivity index (χ4v) is 2.80. The Hall–Kier alpha value is -2.41. The Morgan fingerprint density at radius 1 is 1.21 bits per heavy atom. The zero-order valence-corrected chi connectivity index (χ0v) is 13.5. The lowest BCUT2D eigenvalue weighted by atomic mass is 10.0. The number of hydrogen-bond acceptors (Lipinski definition) is 5. The van der Waals surface area contributed by atoms with E-state index in [0.717, 1.165) is 5.56 Å². The van der Waals surface area contributed by atoms with Crippen LogP contribution in [0, 0.1) is 0 Å². The van der Waals surface area contributed by atoms with Crippen molar-refractivity contribution < 1.29 is 9.90 Å². The molecule has 2 atom stereocenters. The molecule has 2 aromatic rings. The van der Waals surface area contributed by atoms with Crippen LogP contribution in [0.15, 0.2) is 53.6 Å². The zero-order valence-electron chi connectivity index (χ0n) is 12.7. The number of hydrazone groups is 1. The molecular weight excluding hydrogens is 328 g/mol. The standard InChI is InChI=1S/C17H17ClN4O2/c18-13-7-3-2-6-12(13)14-9-15(21-20-14)17(24)22-19-10-11-5-1-4-8-16(11)23/h1-8,10,14-15,20-21,23H,9H2,(H,22,24)/b19-10+. The summed E-state index contributed by atoms with van der Waals surface area (Å²) in [5.74, 6) is -0.154. The number of halogens is 1. The van der Waals surface area contributed by atoms with Gasteiger partial charge in [0.25, 0.3) is 5.91 Å². The minimum Gasteiger partial charge on any atom is -0.507 e. The summed E-state index contributed by atoms with van der Waals surface area (Å²) < 4.78 is 0. The van der Waals surface area contributed by atoms with Crippen molar-refractivity contribution >= 4 is 23.7 Å². The van der Waals surface area contributed by atoms with Crippen molar-refractivity contribution in [1.29, 1.82) is 0 Å². The highest BCUT2D eigenvalue weighted by Gasteiger charge is 2.30. The van der Waals surface area contributed by atoms with Crippen LogP contribution in [0.2, 0.25) is 5.02 Å². The van der Waals surface area contributed by atoms with E-state index in [1.165, 1.54) is 6.21 Å². The molecule has 1 fully saturated rings. The summed E-state index contributed by atoms with van der Waals surface area (Å²) in [5, 5.41) is 14.2. The second-order valence-electron chi connectivity index (χ2n) is 5.44. The normalized spacial score (nSPS) is 20.4. The number of phenols is 1. The monoisotopic (exact) mass is 344 g/mol. The zero-order chi connectivity index (χ0) is 16.9. The largest absolute Gasteiger partial charge is 0.507 e. The molecule has 0 saturated carbocycles. The van der Waals surface area contributed by atoms with Gasteiger partial charge in [0.15, 0.2) is 0 Å². The number of nitrogens with zero attached hydrogens (tertiary/aromatic N) is 1. The maximum atomic E-state index is 12.2. The quantitative estimate of drug-likeness (QED) is 0.505. The first kappa shape index (κ1) is 16.4. The number of rotatable bonds is 4. The van der Waals surface area contributed by atoms with Crippen LogP contribution in [0.1, 0.15) is 23.6 Å². The molecule has 0 spiro atoms. The lowest BCUT2D eigenvalue weighted by Crippen LogP contribution is -2.41. The fourth-order valence-electron chi connectivity index (χ4n) is 2.53. The molecule has 1 saturated heterocycles. The number of aromatic hydroxyl groups is 1. The fraction of sp³-hybridized carbons (Fsp3) is 0.176. The summed E-state index contributed by atoms with van der Waals surface area (Å²) in [6.07, 6.45) is 1.96. The minimum atomic E-state index is -0.423. The summed E-state index contributed by atoms with van der Waals surface area (Å²) in [6, 6.07) is 13.8. The lowest BCUT2D eigenvalue weighted by molar-refractivity contribution is -0.122. The number of carbonyl (C=O) groups is 1. The Labute approximate surface area is 144 Å². The van der Waals surface area contributed by atoms with Crippen LogP contribution in [-0.2, 0) is 4.79 Å². The molecule has 2 unspecified atom stereocenters. The van der Waals surface area contributed by atoms with E-state index in [1.54, 1.807) is 24.3 Å². The molecule has 0 radical (unpaired) electrons. The second kappa shape index (κ2) is 7.44. The van der Waals surface area contributed by atoms with Gasteiger partial charge in [-0.25, -0.2) is 16.3 Å². The summed E-state index contributed by atoms with van der Waals surface area (Å²) in [5.41, 5.74) is 9.97. The molecular formula is C17H17ClN4O2. The summed E-state index contributed by atoms with van der Waals surface area (Å²) in [7, 11) is 0. The predicted octanol–water partition coefficient (Wildman–Crippen LogP) is 2.10. The molecule has 24 heavy (non-hydrogen) atoms. The van der Waals surface area contributed by atoms with Crippen LogP contribution in [-0.4, -0.2) is 23.3 Å². The molecule has 124 valence electrons. The van der Waals surface area contributed by atoms with Crippen molar-refractivity contribution in [2.45, 2.75) is 18.5 Å². The average Bonchev–Trinajstić information content (AvgIpc) is 3.07. The van der Waals surface area contributed by atoms with Gasteiger partial charge in [0.1, 0.15) is 11.8 Å². The topological polar surface area (TPSA) is 85.8 Å². The Bertz CT molecular complexity index is 766. The van der Waals surface area contributed by atoms with Gasteiger partial charge in [0, 0.05) is 16.6 Å². The van der Waals surface area contributed by atoms with E-state index < -0.39 is 6.04 Å². The SMILES string of the molecule is O=C(N/N=C/c1ccccc1O)C1CC(c2ccccc2Cl)NN1. The van der Waals surface area contributed by atoms with Gasteiger partial charge in [0.05, 0.1) is 6.21 Å². The summed E-state index contributed by atoms with van der Waals surface area (Å²) in [4.78, 5) is 12.2. The van der Waals surface area contributed by atoms with Gasteiger partial charge in [-0.3, -0.25) is 4.79 Å². The van der Waals surface area contributed by atoms with E-state index in [9.17, 15) is 9.90 Å². The first-order chi connectivity index (χ1) is 11.6. The molecule has 1 heterocycles. The molecule has 1 amide bonds. The third-order valence-corrected chi connectivity index (χ3v) is 4.16. The van der Waals surface area contributed by atoms with Crippen LogP contribution < -0.4 is 16.3 Å². The van der Waals surface area contributed by atoms with Gasteiger partial charge in [0.2, 0.25) is 0 Å². The predicted molar refractivity (Wildman–Crippen MR) is 92.7 cm³/mol. The molecule has 7 heteroatoms. The van der Waals surface area contributed by atoms with Crippen LogP contribution in [0.5, 0.6) is 5.75 Å². The van der Waals surface area contributed by atoms with E-state index in [-0.39, 0.29) is 17.7 Å². The number of para-hydroxylation sites is 1. The van der Waals surface area contributed by atoms with Crippen molar-refractivity contribution in [3.8, 4) is 5.75 Å². The molecule has 2 aromatic carbocycles. The van der Waals surface area contributed by atoms with Crippen molar-refractivity contribution in [1.82, 2.24) is 16.3 Å². The highest BCUT2D eigenvalue weighted by Crippen LogP contribution is 2.28. The third kappa shape index (κ3) is 3.73. The van der Waals surface area contributed by atoms with Crippen molar-refractivity contribution in [2.24, 2.45) is 5.10 Å². The number of hydrogen-bond donors (Lipinski definition) is 4. The smallest absolute Gasteiger partial charge is 0.258 e. The highest BCUT2D eigenvalue weighted by atomic mass is 35.5. The molecule has 1 aliphatic rings. The average molecular weight is 345 g/mol. The molecule has 1 aliphatic heterocycles. The number of nitrogens with one attached hydrogen (secondary N) is 3. The molecule has 4 N–H and O–H groups in total.